The van der Waals surface area contributed by atoms with E-state index in [9.17, 15) is 9.90 Å². The fourth-order valence-electron chi connectivity index (χ4n) is 1.84. The Bertz CT molecular complexity index is 181. The summed E-state index contributed by atoms with van der Waals surface area (Å²) in [6.45, 7) is 0. The summed E-state index contributed by atoms with van der Waals surface area (Å²) in [5.41, 5.74) is 5.42. The number of hydrogen-bond donors (Lipinski definition) is 3. The monoisotopic (exact) mass is 223 g/mol. The lowest BCUT2D eigenvalue weighted by atomic mass is 9.83. The number of halogens is 1. The number of hydrogen-bond acceptors (Lipinski definition) is 3. The maximum absolute atomic E-state index is 10.5. The Balaban J connectivity index is 0.00000169. The molecule has 1 aliphatic rings. The second kappa shape index (κ2) is 6.22. The largest absolute Gasteiger partial charge is 0.480 e. The highest BCUT2D eigenvalue weighted by Crippen LogP contribution is 2.27. The van der Waals surface area contributed by atoms with Gasteiger partial charge in [-0.3, -0.25) is 4.79 Å². The van der Waals surface area contributed by atoms with Crippen LogP contribution in [0.3, 0.4) is 0 Å². The van der Waals surface area contributed by atoms with Gasteiger partial charge in [0.1, 0.15) is 6.04 Å². The zero-order valence-electron chi connectivity index (χ0n) is 8.06. The zero-order chi connectivity index (χ0) is 9.84. The molecule has 0 saturated heterocycles. The molecule has 4 N–H and O–H groups in total. The molecule has 0 aliphatic heterocycles. The van der Waals surface area contributed by atoms with Gasteiger partial charge in [-0.25, -0.2) is 0 Å². The molecule has 1 fully saturated rings. The van der Waals surface area contributed by atoms with E-state index in [0.717, 1.165) is 25.7 Å². The minimum atomic E-state index is -0.925. The van der Waals surface area contributed by atoms with Gasteiger partial charge in [0.15, 0.2) is 0 Å². The minimum Gasteiger partial charge on any atom is -0.480 e. The molecule has 4 nitrogen and oxygen atoms in total. The average Bonchev–Trinajstić information content (AvgIpc) is 2.08. The fourth-order valence-corrected chi connectivity index (χ4v) is 1.84. The number of aliphatic carboxylic acids is 1. The molecule has 0 aromatic heterocycles. The number of nitrogens with two attached hydrogens (primary N) is 1. The highest BCUT2D eigenvalue weighted by Gasteiger charge is 2.23. The first kappa shape index (κ1) is 13.7. The first-order chi connectivity index (χ1) is 6.09. The average molecular weight is 224 g/mol. The molecule has 0 spiro atoms. The van der Waals surface area contributed by atoms with Crippen molar-refractivity contribution in [2.45, 2.75) is 44.2 Å². The van der Waals surface area contributed by atoms with Crippen LogP contribution >= 0.6 is 12.4 Å². The Morgan fingerprint density at radius 1 is 1.36 bits per heavy atom. The topological polar surface area (TPSA) is 83.5 Å². The molecule has 0 aromatic rings. The van der Waals surface area contributed by atoms with Crippen molar-refractivity contribution in [2.24, 2.45) is 11.7 Å². The van der Waals surface area contributed by atoms with Crippen LogP contribution in [0.25, 0.3) is 0 Å². The molecule has 0 amide bonds. The zero-order valence-corrected chi connectivity index (χ0v) is 8.87. The van der Waals surface area contributed by atoms with Gasteiger partial charge in [-0.2, -0.15) is 0 Å². The second-order valence-electron chi connectivity index (χ2n) is 3.85. The Morgan fingerprint density at radius 3 is 2.29 bits per heavy atom. The third-order valence-electron chi connectivity index (χ3n) is 2.72. The first-order valence-corrected chi connectivity index (χ1v) is 4.76. The van der Waals surface area contributed by atoms with Crippen molar-refractivity contribution < 1.29 is 15.0 Å². The van der Waals surface area contributed by atoms with Gasteiger partial charge in [-0.1, -0.05) is 0 Å². The molecule has 0 aromatic carbocycles. The van der Waals surface area contributed by atoms with E-state index in [4.69, 9.17) is 10.8 Å². The summed E-state index contributed by atoms with van der Waals surface area (Å²) in [4.78, 5) is 10.5. The summed E-state index contributed by atoms with van der Waals surface area (Å²) in [7, 11) is 0. The molecule has 1 saturated carbocycles. The Labute approximate surface area is 89.9 Å². The van der Waals surface area contributed by atoms with Gasteiger partial charge in [0.05, 0.1) is 6.10 Å². The molecule has 0 bridgehead atoms. The van der Waals surface area contributed by atoms with E-state index in [1.54, 1.807) is 0 Å². The highest BCUT2D eigenvalue weighted by molar-refractivity contribution is 5.85. The molecule has 1 atom stereocenters. The molecule has 14 heavy (non-hydrogen) atoms. The van der Waals surface area contributed by atoms with Crippen LogP contribution in [0.4, 0.5) is 0 Å². The number of carboxylic acid groups (broad SMARTS) is 1. The van der Waals surface area contributed by atoms with E-state index in [0.29, 0.717) is 12.3 Å². The SMILES string of the molecule is Cl.NC(CC1CCC(O)CC1)C(=O)O. The van der Waals surface area contributed by atoms with Crippen LogP contribution in [0.1, 0.15) is 32.1 Å². The number of aliphatic hydroxyl groups excluding tert-OH is 1. The van der Waals surface area contributed by atoms with Gasteiger partial charge in [-0.15, -0.1) is 12.4 Å². The molecular formula is C9H18ClNO3. The molecule has 0 radical (unpaired) electrons. The van der Waals surface area contributed by atoms with Crippen LogP contribution in [0, 0.1) is 5.92 Å². The lowest BCUT2D eigenvalue weighted by molar-refractivity contribution is -0.139. The summed E-state index contributed by atoms with van der Waals surface area (Å²) >= 11 is 0. The summed E-state index contributed by atoms with van der Waals surface area (Å²) in [6, 6.07) is -0.736. The Hall–Kier alpha value is -0.320. The van der Waals surface area contributed by atoms with Gasteiger partial charge in [0.2, 0.25) is 0 Å². The molecule has 1 unspecified atom stereocenters. The van der Waals surface area contributed by atoms with Crippen LogP contribution in [0.2, 0.25) is 0 Å². The van der Waals surface area contributed by atoms with Crippen molar-refractivity contribution in [2.75, 3.05) is 0 Å². The quantitative estimate of drug-likeness (QED) is 0.660. The van der Waals surface area contributed by atoms with E-state index in [1.807, 2.05) is 0 Å². The normalized spacial score (nSPS) is 29.0. The molecular weight excluding hydrogens is 206 g/mol. The van der Waals surface area contributed by atoms with Crippen LogP contribution in [0.15, 0.2) is 0 Å². The van der Waals surface area contributed by atoms with Gasteiger partial charge in [0, 0.05) is 0 Å². The van der Waals surface area contributed by atoms with Crippen LogP contribution in [0.5, 0.6) is 0 Å². The molecule has 5 heteroatoms. The van der Waals surface area contributed by atoms with Gasteiger partial charge >= 0.3 is 5.97 Å². The van der Waals surface area contributed by atoms with Crippen LogP contribution < -0.4 is 5.73 Å². The van der Waals surface area contributed by atoms with Crippen molar-refractivity contribution in [3.63, 3.8) is 0 Å². The van der Waals surface area contributed by atoms with E-state index < -0.39 is 12.0 Å². The fraction of sp³-hybridized carbons (Fsp3) is 0.889. The number of rotatable bonds is 3. The van der Waals surface area contributed by atoms with Crippen molar-refractivity contribution in [3.05, 3.63) is 0 Å². The van der Waals surface area contributed by atoms with Gasteiger partial charge < -0.3 is 15.9 Å². The first-order valence-electron chi connectivity index (χ1n) is 4.76. The third kappa shape index (κ3) is 4.26. The lowest BCUT2D eigenvalue weighted by Crippen LogP contribution is -2.33. The number of carbonyl (C=O) groups is 1. The smallest absolute Gasteiger partial charge is 0.320 e. The Morgan fingerprint density at radius 2 is 1.86 bits per heavy atom. The van der Waals surface area contributed by atoms with Crippen molar-refractivity contribution in [1.29, 1.82) is 0 Å². The van der Waals surface area contributed by atoms with Crippen LogP contribution in [-0.2, 0) is 4.79 Å². The summed E-state index contributed by atoms with van der Waals surface area (Å²) < 4.78 is 0. The predicted octanol–water partition coefficient (Wildman–Crippen LogP) is 0.761. The van der Waals surface area contributed by atoms with Gasteiger partial charge in [0.25, 0.3) is 0 Å². The third-order valence-corrected chi connectivity index (χ3v) is 2.72. The summed E-state index contributed by atoms with van der Waals surface area (Å²) in [6.07, 6.45) is 3.75. The van der Waals surface area contributed by atoms with E-state index in [-0.39, 0.29) is 18.5 Å². The molecule has 1 rings (SSSR count). The molecule has 1 aliphatic carbocycles. The van der Waals surface area contributed by atoms with E-state index >= 15 is 0 Å². The minimum absolute atomic E-state index is 0. The van der Waals surface area contributed by atoms with Crippen molar-refractivity contribution >= 4 is 18.4 Å². The molecule has 84 valence electrons. The predicted molar refractivity (Wildman–Crippen MR) is 55.4 cm³/mol. The van der Waals surface area contributed by atoms with Gasteiger partial charge in [-0.05, 0) is 38.0 Å². The van der Waals surface area contributed by atoms with Crippen molar-refractivity contribution in [3.8, 4) is 0 Å². The maximum atomic E-state index is 10.5. The van der Waals surface area contributed by atoms with Crippen molar-refractivity contribution in [1.82, 2.24) is 0 Å². The lowest BCUT2D eigenvalue weighted by Gasteiger charge is -2.26. The number of carboxylic acids is 1. The Kier molecular flexibility index (Phi) is 6.08. The second-order valence-corrected chi connectivity index (χ2v) is 3.85. The van der Waals surface area contributed by atoms with E-state index in [1.165, 1.54) is 0 Å². The van der Waals surface area contributed by atoms with E-state index in [2.05, 4.69) is 0 Å². The number of aliphatic hydroxyl groups is 1. The summed E-state index contributed by atoms with van der Waals surface area (Å²) in [5.74, 6) is -0.541. The summed E-state index contributed by atoms with van der Waals surface area (Å²) in [5, 5.41) is 17.8. The standard InChI is InChI=1S/C9H17NO3.ClH/c10-8(9(12)13)5-6-1-3-7(11)4-2-6;/h6-8,11H,1-5,10H2,(H,12,13);1H. The highest BCUT2D eigenvalue weighted by atomic mass is 35.5. The van der Waals surface area contributed by atoms with Crippen LogP contribution in [-0.4, -0.2) is 28.3 Å². The molecule has 0 heterocycles. The maximum Gasteiger partial charge on any atom is 0.320 e.